The SMILES string of the molecule is N=C1C(=O)NN=C1N. The Balaban J connectivity index is 2.89. The minimum absolute atomic E-state index is 0.0463. The average molecular weight is 112 g/mol. The lowest BCUT2D eigenvalue weighted by molar-refractivity contribution is -0.114. The van der Waals surface area contributed by atoms with Crippen LogP contribution in [0.15, 0.2) is 5.10 Å². The summed E-state index contributed by atoms with van der Waals surface area (Å²) in [7, 11) is 0. The number of nitrogens with two attached hydrogens (primary N) is 1. The van der Waals surface area contributed by atoms with Crippen molar-refractivity contribution >= 4 is 17.5 Å². The van der Waals surface area contributed by atoms with Crippen LogP contribution in [0.2, 0.25) is 0 Å². The van der Waals surface area contributed by atoms with Crippen LogP contribution in [0, 0.1) is 5.41 Å². The molecule has 1 heterocycles. The maximum absolute atomic E-state index is 10.3. The standard InChI is InChI=1S/C3H4N4O/c4-1-2(5)6-7-3(1)8/h(H4,4,5,6,7,8). The summed E-state index contributed by atoms with van der Waals surface area (Å²) in [5, 5.41) is 10.1. The Kier molecular flexibility index (Phi) is 0.768. The van der Waals surface area contributed by atoms with E-state index in [0.717, 1.165) is 0 Å². The molecule has 0 radical (unpaired) electrons. The molecule has 0 aliphatic carbocycles. The van der Waals surface area contributed by atoms with Crippen molar-refractivity contribution < 1.29 is 4.79 Å². The van der Waals surface area contributed by atoms with Gasteiger partial charge in [-0.3, -0.25) is 10.2 Å². The third kappa shape index (κ3) is 0.446. The molecule has 1 amide bonds. The maximum Gasteiger partial charge on any atom is 0.293 e. The first kappa shape index (κ1) is 4.76. The molecule has 0 atom stereocenters. The van der Waals surface area contributed by atoms with Gasteiger partial charge in [-0.2, -0.15) is 5.10 Å². The number of hydrazone groups is 1. The van der Waals surface area contributed by atoms with Crippen LogP contribution in [0.3, 0.4) is 0 Å². The van der Waals surface area contributed by atoms with Crippen molar-refractivity contribution in [3.05, 3.63) is 0 Å². The maximum atomic E-state index is 10.3. The molecule has 0 unspecified atom stereocenters. The summed E-state index contributed by atoms with van der Waals surface area (Å²) in [4.78, 5) is 10.3. The van der Waals surface area contributed by atoms with Crippen LogP contribution >= 0.6 is 0 Å². The van der Waals surface area contributed by atoms with Crippen molar-refractivity contribution in [1.29, 1.82) is 5.41 Å². The highest BCUT2D eigenvalue weighted by Gasteiger charge is 2.18. The first-order valence-corrected chi connectivity index (χ1v) is 1.94. The predicted octanol–water partition coefficient (Wildman–Crippen LogP) is -1.59. The molecule has 0 aromatic heterocycles. The molecule has 0 aromatic carbocycles. The minimum atomic E-state index is -0.539. The molecule has 0 saturated carbocycles. The lowest BCUT2D eigenvalue weighted by atomic mass is 10.4. The quantitative estimate of drug-likeness (QED) is 0.352. The second-order valence-corrected chi connectivity index (χ2v) is 1.31. The Labute approximate surface area is 45.1 Å². The number of rotatable bonds is 0. The number of carbonyl (C=O) groups is 1. The normalized spacial score (nSPS) is 18.2. The Morgan fingerprint density at radius 3 is 2.50 bits per heavy atom. The number of amides is 1. The third-order valence-corrected chi connectivity index (χ3v) is 0.761. The Hall–Kier alpha value is -1.39. The molecule has 42 valence electrons. The predicted molar refractivity (Wildman–Crippen MR) is 27.5 cm³/mol. The van der Waals surface area contributed by atoms with E-state index < -0.39 is 5.91 Å². The molecule has 0 spiro atoms. The highest BCUT2D eigenvalue weighted by Crippen LogP contribution is 1.82. The molecule has 0 bridgehead atoms. The van der Waals surface area contributed by atoms with Crippen molar-refractivity contribution in [1.82, 2.24) is 5.43 Å². The van der Waals surface area contributed by atoms with Gasteiger partial charge in [0.1, 0.15) is 0 Å². The van der Waals surface area contributed by atoms with E-state index in [0.29, 0.717) is 0 Å². The van der Waals surface area contributed by atoms with E-state index in [9.17, 15) is 4.79 Å². The van der Waals surface area contributed by atoms with Crippen LogP contribution < -0.4 is 11.2 Å². The highest BCUT2D eigenvalue weighted by atomic mass is 16.2. The van der Waals surface area contributed by atoms with Crippen LogP contribution in [-0.2, 0) is 4.79 Å². The molecule has 4 N–H and O–H groups in total. The zero-order chi connectivity index (χ0) is 6.15. The first-order valence-electron chi connectivity index (χ1n) is 1.94. The molecule has 0 aromatic rings. The van der Waals surface area contributed by atoms with Gasteiger partial charge in [-0.1, -0.05) is 0 Å². The Morgan fingerprint density at radius 2 is 2.38 bits per heavy atom. The van der Waals surface area contributed by atoms with Crippen LogP contribution in [0.1, 0.15) is 0 Å². The van der Waals surface area contributed by atoms with Gasteiger partial charge < -0.3 is 5.73 Å². The second kappa shape index (κ2) is 1.29. The Morgan fingerprint density at radius 1 is 1.75 bits per heavy atom. The van der Waals surface area contributed by atoms with Crippen LogP contribution in [0.25, 0.3) is 0 Å². The summed E-state index contributed by atoms with van der Waals surface area (Å²) in [5.41, 5.74) is 6.77. The van der Waals surface area contributed by atoms with Gasteiger partial charge in [0, 0.05) is 0 Å². The van der Waals surface area contributed by atoms with Crippen molar-refractivity contribution in [3.63, 3.8) is 0 Å². The number of hydrogen-bond acceptors (Lipinski definition) is 4. The van der Waals surface area contributed by atoms with Gasteiger partial charge in [0.25, 0.3) is 5.91 Å². The van der Waals surface area contributed by atoms with Crippen molar-refractivity contribution in [2.45, 2.75) is 0 Å². The Bertz CT molecular complexity index is 182. The van der Waals surface area contributed by atoms with Gasteiger partial charge in [-0.25, -0.2) is 5.43 Å². The molecule has 0 saturated heterocycles. The summed E-state index contributed by atoms with van der Waals surface area (Å²) in [6.07, 6.45) is 0. The number of amidine groups is 1. The van der Waals surface area contributed by atoms with E-state index in [-0.39, 0.29) is 11.5 Å². The lowest BCUT2D eigenvalue weighted by Gasteiger charge is -1.81. The number of carbonyl (C=O) groups excluding carboxylic acids is 1. The lowest BCUT2D eigenvalue weighted by Crippen LogP contribution is -2.26. The molecular formula is C3H4N4O. The van der Waals surface area contributed by atoms with Crippen molar-refractivity contribution in [3.8, 4) is 0 Å². The largest absolute Gasteiger partial charge is 0.380 e. The van der Waals surface area contributed by atoms with Gasteiger partial charge in [0.05, 0.1) is 0 Å². The van der Waals surface area contributed by atoms with Crippen molar-refractivity contribution in [2.24, 2.45) is 10.8 Å². The molecule has 1 aliphatic rings. The molecule has 1 aliphatic heterocycles. The topological polar surface area (TPSA) is 91.3 Å². The molecular weight excluding hydrogens is 108 g/mol. The zero-order valence-corrected chi connectivity index (χ0v) is 3.93. The monoisotopic (exact) mass is 112 g/mol. The fourth-order valence-electron chi connectivity index (χ4n) is 0.339. The van der Waals surface area contributed by atoms with E-state index in [2.05, 4.69) is 5.10 Å². The van der Waals surface area contributed by atoms with E-state index in [1.807, 2.05) is 5.43 Å². The van der Waals surface area contributed by atoms with E-state index >= 15 is 0 Å². The summed E-state index contributed by atoms with van der Waals surface area (Å²) in [6, 6.07) is 0. The van der Waals surface area contributed by atoms with Gasteiger partial charge in [0.15, 0.2) is 11.5 Å². The first-order chi connectivity index (χ1) is 3.72. The molecule has 5 heteroatoms. The van der Waals surface area contributed by atoms with E-state index in [1.54, 1.807) is 0 Å². The summed E-state index contributed by atoms with van der Waals surface area (Å²) >= 11 is 0. The van der Waals surface area contributed by atoms with Gasteiger partial charge in [-0.05, 0) is 0 Å². The number of nitrogens with zero attached hydrogens (tertiary/aromatic N) is 1. The van der Waals surface area contributed by atoms with E-state index in [1.165, 1.54) is 0 Å². The highest BCUT2D eigenvalue weighted by molar-refractivity contribution is 6.67. The van der Waals surface area contributed by atoms with Crippen LogP contribution in [-0.4, -0.2) is 17.5 Å². The zero-order valence-electron chi connectivity index (χ0n) is 3.93. The van der Waals surface area contributed by atoms with Gasteiger partial charge in [0.2, 0.25) is 0 Å². The summed E-state index contributed by atoms with van der Waals surface area (Å²) < 4.78 is 0. The molecule has 8 heavy (non-hydrogen) atoms. The number of hydrogen-bond donors (Lipinski definition) is 3. The minimum Gasteiger partial charge on any atom is -0.380 e. The van der Waals surface area contributed by atoms with Crippen LogP contribution in [0.5, 0.6) is 0 Å². The van der Waals surface area contributed by atoms with Crippen LogP contribution in [0.4, 0.5) is 0 Å². The summed E-state index contributed by atoms with van der Waals surface area (Å²) in [5.74, 6) is -0.586. The third-order valence-electron chi connectivity index (χ3n) is 0.761. The summed E-state index contributed by atoms with van der Waals surface area (Å²) in [6.45, 7) is 0. The second-order valence-electron chi connectivity index (χ2n) is 1.31. The van der Waals surface area contributed by atoms with Gasteiger partial charge in [-0.15, -0.1) is 0 Å². The fraction of sp³-hybridized carbons (Fsp3) is 0. The van der Waals surface area contributed by atoms with Gasteiger partial charge >= 0.3 is 0 Å². The fourth-order valence-corrected chi connectivity index (χ4v) is 0.339. The molecule has 0 fully saturated rings. The smallest absolute Gasteiger partial charge is 0.293 e. The molecule has 1 rings (SSSR count). The average Bonchev–Trinajstić information content (AvgIpc) is 1.98. The van der Waals surface area contributed by atoms with E-state index in [4.69, 9.17) is 11.1 Å². The molecule has 5 nitrogen and oxygen atoms in total. The van der Waals surface area contributed by atoms with Crippen molar-refractivity contribution in [2.75, 3.05) is 0 Å². The number of nitrogens with one attached hydrogen (secondary N) is 2.